The smallest absolute Gasteiger partial charge is 0.285 e. The van der Waals surface area contributed by atoms with Crippen LogP contribution in [0.5, 0.6) is 0 Å². The number of para-hydroxylation sites is 1. The maximum absolute atomic E-state index is 11.4. The fourth-order valence-corrected chi connectivity index (χ4v) is 2.15. The molecule has 1 aromatic carbocycles. The lowest BCUT2D eigenvalue weighted by Gasteiger charge is -2.11. The molecule has 0 unspecified atom stereocenters. The Balaban J connectivity index is 1.86. The van der Waals surface area contributed by atoms with Gasteiger partial charge in [0.1, 0.15) is 5.02 Å². The molecule has 7 heteroatoms. The summed E-state index contributed by atoms with van der Waals surface area (Å²) in [6.45, 7) is 0.501. The van der Waals surface area contributed by atoms with Crippen molar-refractivity contribution in [1.29, 1.82) is 0 Å². The second-order valence-corrected chi connectivity index (χ2v) is 4.74. The molecule has 2 heterocycles. The van der Waals surface area contributed by atoms with Crippen molar-refractivity contribution in [1.82, 2.24) is 20.0 Å². The standard InChI is InChI=1S/C14H12ClN5O/c15-13-11(9-17-19-14(13)21)16-8-10-4-1-2-5-12(10)20-7-3-6-18-20/h1-7,9H,8H2,(H2,16,19,21). The van der Waals surface area contributed by atoms with Crippen LogP contribution >= 0.6 is 11.6 Å². The number of H-pyrrole nitrogens is 1. The number of hydrogen-bond acceptors (Lipinski definition) is 4. The fourth-order valence-electron chi connectivity index (χ4n) is 1.99. The minimum Gasteiger partial charge on any atom is -0.378 e. The van der Waals surface area contributed by atoms with Crippen molar-refractivity contribution in [3.63, 3.8) is 0 Å². The lowest BCUT2D eigenvalue weighted by Crippen LogP contribution is -2.12. The van der Waals surface area contributed by atoms with Gasteiger partial charge in [0.15, 0.2) is 0 Å². The number of halogens is 1. The van der Waals surface area contributed by atoms with Crippen molar-refractivity contribution in [3.05, 3.63) is 69.9 Å². The Morgan fingerprint density at radius 3 is 2.95 bits per heavy atom. The molecular formula is C14H12ClN5O. The first-order valence-electron chi connectivity index (χ1n) is 6.30. The van der Waals surface area contributed by atoms with Gasteiger partial charge in [-0.05, 0) is 17.7 Å². The summed E-state index contributed by atoms with van der Waals surface area (Å²) in [5.74, 6) is 0. The van der Waals surface area contributed by atoms with E-state index in [0.29, 0.717) is 12.2 Å². The summed E-state index contributed by atoms with van der Waals surface area (Å²) in [5.41, 5.74) is 2.07. The van der Waals surface area contributed by atoms with Gasteiger partial charge >= 0.3 is 0 Å². The third-order valence-electron chi connectivity index (χ3n) is 3.01. The largest absolute Gasteiger partial charge is 0.378 e. The molecule has 0 fully saturated rings. The third kappa shape index (κ3) is 2.80. The van der Waals surface area contributed by atoms with Crippen LogP contribution in [0.1, 0.15) is 5.56 Å². The number of benzene rings is 1. The summed E-state index contributed by atoms with van der Waals surface area (Å²) in [5, 5.41) is 13.5. The van der Waals surface area contributed by atoms with Gasteiger partial charge in [-0.2, -0.15) is 10.2 Å². The maximum atomic E-state index is 11.4. The molecule has 2 aromatic heterocycles. The molecular weight excluding hydrogens is 290 g/mol. The molecule has 0 radical (unpaired) electrons. The Labute approximate surface area is 125 Å². The molecule has 106 valence electrons. The molecule has 0 saturated carbocycles. The van der Waals surface area contributed by atoms with Crippen molar-refractivity contribution >= 4 is 17.3 Å². The van der Waals surface area contributed by atoms with Crippen molar-refractivity contribution in [3.8, 4) is 5.69 Å². The van der Waals surface area contributed by atoms with Crippen LogP contribution in [0.25, 0.3) is 5.69 Å². The SMILES string of the molecule is O=c1[nH]ncc(NCc2ccccc2-n2cccn2)c1Cl. The highest BCUT2D eigenvalue weighted by Gasteiger charge is 2.07. The van der Waals surface area contributed by atoms with Crippen molar-refractivity contribution in [2.24, 2.45) is 0 Å². The van der Waals surface area contributed by atoms with Gasteiger partial charge in [0.05, 0.1) is 17.6 Å². The normalized spacial score (nSPS) is 10.5. The van der Waals surface area contributed by atoms with Crippen LogP contribution in [0.4, 0.5) is 5.69 Å². The van der Waals surface area contributed by atoms with E-state index in [-0.39, 0.29) is 5.02 Å². The Morgan fingerprint density at radius 1 is 1.29 bits per heavy atom. The highest BCUT2D eigenvalue weighted by molar-refractivity contribution is 6.32. The van der Waals surface area contributed by atoms with Crippen LogP contribution in [-0.4, -0.2) is 20.0 Å². The number of aromatic nitrogens is 4. The summed E-state index contributed by atoms with van der Waals surface area (Å²) in [6, 6.07) is 9.71. The monoisotopic (exact) mass is 301 g/mol. The van der Waals surface area contributed by atoms with Gasteiger partial charge in [0, 0.05) is 18.9 Å². The number of rotatable bonds is 4. The highest BCUT2D eigenvalue weighted by atomic mass is 35.5. The predicted octanol–water partition coefficient (Wildman–Crippen LogP) is 2.22. The molecule has 0 bridgehead atoms. The molecule has 0 aliphatic rings. The van der Waals surface area contributed by atoms with Crippen LogP contribution in [0.2, 0.25) is 5.02 Å². The van der Waals surface area contributed by atoms with Crippen LogP contribution in [0, 0.1) is 0 Å². The summed E-state index contributed by atoms with van der Waals surface area (Å²) in [4.78, 5) is 11.4. The number of nitrogens with one attached hydrogen (secondary N) is 2. The van der Waals surface area contributed by atoms with Crippen molar-refractivity contribution in [2.45, 2.75) is 6.54 Å². The van der Waals surface area contributed by atoms with Gasteiger partial charge in [0.25, 0.3) is 5.56 Å². The molecule has 0 spiro atoms. The van der Waals surface area contributed by atoms with Gasteiger partial charge < -0.3 is 5.32 Å². The predicted molar refractivity (Wildman–Crippen MR) is 80.8 cm³/mol. The van der Waals surface area contributed by atoms with E-state index >= 15 is 0 Å². The van der Waals surface area contributed by atoms with Gasteiger partial charge in [-0.25, -0.2) is 9.78 Å². The second-order valence-electron chi connectivity index (χ2n) is 4.36. The average Bonchev–Trinajstić information content (AvgIpc) is 3.03. The van der Waals surface area contributed by atoms with E-state index in [4.69, 9.17) is 11.6 Å². The first kappa shape index (κ1) is 13.4. The zero-order chi connectivity index (χ0) is 14.7. The molecule has 3 rings (SSSR count). The van der Waals surface area contributed by atoms with Crippen LogP contribution < -0.4 is 10.9 Å². The van der Waals surface area contributed by atoms with E-state index in [0.717, 1.165) is 11.3 Å². The van der Waals surface area contributed by atoms with Crippen molar-refractivity contribution < 1.29 is 0 Å². The molecule has 0 aliphatic carbocycles. The summed E-state index contributed by atoms with van der Waals surface area (Å²) in [6.07, 6.45) is 5.09. The molecule has 3 aromatic rings. The molecule has 0 aliphatic heterocycles. The van der Waals surface area contributed by atoms with E-state index in [2.05, 4.69) is 20.6 Å². The van der Waals surface area contributed by atoms with Gasteiger partial charge in [-0.15, -0.1) is 0 Å². The number of anilines is 1. The van der Waals surface area contributed by atoms with Crippen LogP contribution in [0.3, 0.4) is 0 Å². The van der Waals surface area contributed by atoms with E-state index in [1.807, 2.05) is 36.5 Å². The second kappa shape index (κ2) is 5.80. The number of hydrogen-bond donors (Lipinski definition) is 2. The zero-order valence-corrected chi connectivity index (χ0v) is 11.7. The molecule has 6 nitrogen and oxygen atoms in total. The average molecular weight is 302 g/mol. The maximum Gasteiger partial charge on any atom is 0.285 e. The quantitative estimate of drug-likeness (QED) is 0.775. The molecule has 21 heavy (non-hydrogen) atoms. The lowest BCUT2D eigenvalue weighted by molar-refractivity contribution is 0.863. The fraction of sp³-hybridized carbons (Fsp3) is 0.0714. The molecule has 0 saturated heterocycles. The van der Waals surface area contributed by atoms with E-state index in [1.165, 1.54) is 6.20 Å². The minimum absolute atomic E-state index is 0.0987. The molecule has 2 N–H and O–H groups in total. The summed E-state index contributed by atoms with van der Waals surface area (Å²) >= 11 is 5.93. The van der Waals surface area contributed by atoms with E-state index in [9.17, 15) is 4.79 Å². The van der Waals surface area contributed by atoms with Gasteiger partial charge in [0.2, 0.25) is 0 Å². The summed E-state index contributed by atoms with van der Waals surface area (Å²) < 4.78 is 1.79. The van der Waals surface area contributed by atoms with E-state index in [1.54, 1.807) is 10.9 Å². The zero-order valence-electron chi connectivity index (χ0n) is 11.0. The first-order valence-corrected chi connectivity index (χ1v) is 6.68. The van der Waals surface area contributed by atoms with Crippen LogP contribution in [-0.2, 0) is 6.54 Å². The summed E-state index contributed by atoms with van der Waals surface area (Å²) in [7, 11) is 0. The van der Waals surface area contributed by atoms with Gasteiger partial charge in [-0.3, -0.25) is 4.79 Å². The van der Waals surface area contributed by atoms with Gasteiger partial charge in [-0.1, -0.05) is 29.8 Å². The Hall–Kier alpha value is -2.60. The van der Waals surface area contributed by atoms with E-state index < -0.39 is 5.56 Å². The Morgan fingerprint density at radius 2 is 2.14 bits per heavy atom. The van der Waals surface area contributed by atoms with Crippen LogP contribution in [0.15, 0.2) is 53.7 Å². The topological polar surface area (TPSA) is 75.6 Å². The molecule has 0 amide bonds. The number of nitrogens with zero attached hydrogens (tertiary/aromatic N) is 3. The number of aromatic amines is 1. The first-order chi connectivity index (χ1) is 10.3. The Kier molecular flexibility index (Phi) is 3.70. The Bertz CT molecular complexity index is 797. The lowest BCUT2D eigenvalue weighted by atomic mass is 10.1. The third-order valence-corrected chi connectivity index (χ3v) is 3.38. The molecule has 0 atom stereocenters. The van der Waals surface area contributed by atoms with Crippen molar-refractivity contribution in [2.75, 3.05) is 5.32 Å². The minimum atomic E-state index is -0.415. The highest BCUT2D eigenvalue weighted by Crippen LogP contribution is 2.18.